The van der Waals surface area contributed by atoms with E-state index >= 15 is 0 Å². The number of nitrogens with zero attached hydrogens (tertiary/aromatic N) is 2. The Kier molecular flexibility index (Phi) is 5.96. The maximum atomic E-state index is 13.0. The zero-order valence-electron chi connectivity index (χ0n) is 14.4. The van der Waals surface area contributed by atoms with Crippen LogP contribution in [0.1, 0.15) is 26.4 Å². The van der Waals surface area contributed by atoms with Gasteiger partial charge in [0, 0.05) is 24.0 Å². The lowest BCUT2D eigenvalue weighted by molar-refractivity contribution is 0.0954. The molecule has 0 fully saturated rings. The van der Waals surface area contributed by atoms with Gasteiger partial charge in [0.15, 0.2) is 0 Å². The quantitative estimate of drug-likeness (QED) is 0.287. The zero-order valence-corrected chi connectivity index (χ0v) is 16.0. The molecule has 0 spiro atoms. The average molecular weight is 419 g/mol. The van der Waals surface area contributed by atoms with E-state index in [0.29, 0.717) is 11.4 Å². The molecule has 0 radical (unpaired) electrons. The molecule has 28 heavy (non-hydrogen) atoms. The second kappa shape index (κ2) is 8.41. The first kappa shape index (κ1) is 19.8. The summed E-state index contributed by atoms with van der Waals surface area (Å²) in [5.74, 6) is 4.57. The molecule has 3 rings (SSSR count). The van der Waals surface area contributed by atoms with E-state index < -0.39 is 11.8 Å². The van der Waals surface area contributed by atoms with Crippen molar-refractivity contribution in [3.63, 3.8) is 0 Å². The Labute approximate surface area is 170 Å². The molecule has 0 unspecified atom stereocenters. The number of rotatable bonds is 5. The topological polar surface area (TPSA) is 128 Å². The molecule has 0 saturated carbocycles. The highest BCUT2D eigenvalue weighted by atomic mass is 35.5. The summed E-state index contributed by atoms with van der Waals surface area (Å²) in [5.41, 5.74) is 8.68. The summed E-state index contributed by atoms with van der Waals surface area (Å²) < 4.78 is 1.54. The van der Waals surface area contributed by atoms with Crippen LogP contribution in [0.3, 0.4) is 0 Å². The molecule has 8 nitrogen and oxygen atoms in total. The first-order valence-electron chi connectivity index (χ1n) is 8.09. The van der Waals surface area contributed by atoms with E-state index in [9.17, 15) is 9.59 Å². The first-order chi connectivity index (χ1) is 13.5. The van der Waals surface area contributed by atoms with E-state index in [4.69, 9.17) is 34.8 Å². The van der Waals surface area contributed by atoms with Gasteiger partial charge in [-0.2, -0.15) is 0 Å². The maximum Gasteiger partial charge on any atom is 0.274 e. The molecule has 2 amide bonds. The van der Waals surface area contributed by atoms with Crippen LogP contribution < -0.4 is 22.3 Å². The van der Waals surface area contributed by atoms with Crippen LogP contribution in [0, 0.1) is 0 Å². The Bertz CT molecular complexity index is 1040. The predicted octanol–water partition coefficient (Wildman–Crippen LogP) is 2.49. The number of aromatic nitrogens is 2. The third kappa shape index (κ3) is 3.85. The van der Waals surface area contributed by atoms with Crippen LogP contribution in [0.15, 0.2) is 48.8 Å². The van der Waals surface area contributed by atoms with E-state index in [1.165, 1.54) is 6.07 Å². The minimum absolute atomic E-state index is 0.0377. The minimum atomic E-state index is -0.626. The Morgan fingerprint density at radius 2 is 1.93 bits per heavy atom. The van der Waals surface area contributed by atoms with Gasteiger partial charge in [0.1, 0.15) is 11.5 Å². The molecule has 6 N–H and O–H groups in total. The predicted molar refractivity (Wildman–Crippen MR) is 108 cm³/mol. The Balaban J connectivity index is 2.06. The molecule has 0 bridgehead atoms. The summed E-state index contributed by atoms with van der Waals surface area (Å²) in [6.07, 6.45) is 3.22. The summed E-state index contributed by atoms with van der Waals surface area (Å²) in [6.45, 7) is 0.0377. The molecule has 1 aromatic carbocycles. The molecule has 0 aliphatic heterocycles. The SMILES string of the molecule is NCc1cc(Cl)cc(C(=O)NN)c1NC(=O)c1c(Cl)ccn1-c1ccccn1. The zero-order chi connectivity index (χ0) is 20.3. The van der Waals surface area contributed by atoms with Gasteiger partial charge in [-0.25, -0.2) is 10.8 Å². The van der Waals surface area contributed by atoms with E-state index in [0.717, 1.165) is 0 Å². The molecule has 2 heterocycles. The van der Waals surface area contributed by atoms with Gasteiger partial charge in [0.25, 0.3) is 11.8 Å². The number of halogens is 2. The van der Waals surface area contributed by atoms with Crippen LogP contribution in [0.5, 0.6) is 0 Å². The number of hydrogen-bond donors (Lipinski definition) is 4. The standard InChI is InChI=1S/C18H16Cl2N6O2/c19-11-7-10(9-21)15(12(8-11)17(27)25-22)24-18(28)16-13(20)4-6-26(16)14-3-1-2-5-23-14/h1-8H,9,21-22H2,(H,24,28)(H,25,27). The second-order valence-electron chi connectivity index (χ2n) is 5.69. The van der Waals surface area contributed by atoms with Crippen molar-refractivity contribution in [3.05, 3.63) is 75.7 Å². The monoisotopic (exact) mass is 418 g/mol. The van der Waals surface area contributed by atoms with Crippen molar-refractivity contribution in [3.8, 4) is 5.82 Å². The van der Waals surface area contributed by atoms with Gasteiger partial charge in [0.05, 0.1) is 16.3 Å². The normalized spacial score (nSPS) is 10.6. The molecule has 2 aromatic heterocycles. The van der Waals surface area contributed by atoms with Crippen molar-refractivity contribution in [2.75, 3.05) is 5.32 Å². The van der Waals surface area contributed by atoms with Crippen molar-refractivity contribution in [1.29, 1.82) is 0 Å². The highest BCUT2D eigenvalue weighted by molar-refractivity contribution is 6.34. The molecular formula is C18H16Cl2N6O2. The number of benzene rings is 1. The summed E-state index contributed by atoms with van der Waals surface area (Å²) in [6, 6.07) is 9.79. The minimum Gasteiger partial charge on any atom is -0.326 e. The number of nitrogens with one attached hydrogen (secondary N) is 2. The highest BCUT2D eigenvalue weighted by Gasteiger charge is 2.22. The lowest BCUT2D eigenvalue weighted by atomic mass is 10.1. The van der Waals surface area contributed by atoms with E-state index in [1.54, 1.807) is 47.3 Å². The molecule has 0 atom stereocenters. The van der Waals surface area contributed by atoms with Gasteiger partial charge in [0.2, 0.25) is 0 Å². The van der Waals surface area contributed by atoms with Crippen LogP contribution in [0.25, 0.3) is 5.82 Å². The fourth-order valence-corrected chi connectivity index (χ4v) is 3.19. The van der Waals surface area contributed by atoms with Crippen LogP contribution in [0.4, 0.5) is 5.69 Å². The smallest absolute Gasteiger partial charge is 0.274 e. The number of carbonyl (C=O) groups is 2. The fraction of sp³-hybridized carbons (Fsp3) is 0.0556. The first-order valence-corrected chi connectivity index (χ1v) is 8.85. The maximum absolute atomic E-state index is 13.0. The third-order valence-electron chi connectivity index (χ3n) is 3.97. The fourth-order valence-electron chi connectivity index (χ4n) is 2.72. The highest BCUT2D eigenvalue weighted by Crippen LogP contribution is 2.28. The summed E-state index contributed by atoms with van der Waals surface area (Å²) in [5, 5.41) is 3.20. The van der Waals surface area contributed by atoms with Crippen LogP contribution in [-0.4, -0.2) is 21.4 Å². The van der Waals surface area contributed by atoms with E-state index in [-0.39, 0.29) is 33.5 Å². The van der Waals surface area contributed by atoms with Gasteiger partial charge in [-0.1, -0.05) is 29.3 Å². The number of pyridine rings is 1. The Morgan fingerprint density at radius 1 is 1.14 bits per heavy atom. The number of anilines is 1. The van der Waals surface area contributed by atoms with Gasteiger partial charge in [-0.3, -0.25) is 19.6 Å². The van der Waals surface area contributed by atoms with Crippen molar-refractivity contribution in [2.45, 2.75) is 6.54 Å². The van der Waals surface area contributed by atoms with E-state index in [1.807, 2.05) is 5.43 Å². The summed E-state index contributed by atoms with van der Waals surface area (Å²) in [7, 11) is 0. The van der Waals surface area contributed by atoms with Crippen molar-refractivity contribution in [1.82, 2.24) is 15.0 Å². The van der Waals surface area contributed by atoms with Crippen LogP contribution >= 0.6 is 23.2 Å². The molecule has 0 saturated heterocycles. The lowest BCUT2D eigenvalue weighted by Crippen LogP contribution is -2.31. The number of nitrogen functional groups attached to an aromatic ring is 1. The van der Waals surface area contributed by atoms with Gasteiger partial charge >= 0.3 is 0 Å². The molecule has 3 aromatic rings. The van der Waals surface area contributed by atoms with Crippen LogP contribution in [0.2, 0.25) is 10.0 Å². The number of amides is 2. The lowest BCUT2D eigenvalue weighted by Gasteiger charge is -2.16. The van der Waals surface area contributed by atoms with Gasteiger partial charge < -0.3 is 11.1 Å². The Morgan fingerprint density at radius 3 is 2.57 bits per heavy atom. The number of hydrazine groups is 1. The molecule has 0 aliphatic carbocycles. The largest absolute Gasteiger partial charge is 0.326 e. The van der Waals surface area contributed by atoms with Gasteiger partial charge in [-0.05, 0) is 35.9 Å². The molecule has 144 valence electrons. The van der Waals surface area contributed by atoms with Crippen molar-refractivity contribution < 1.29 is 9.59 Å². The third-order valence-corrected chi connectivity index (χ3v) is 4.49. The Hall–Kier alpha value is -2.91. The second-order valence-corrected chi connectivity index (χ2v) is 6.53. The number of hydrogen-bond acceptors (Lipinski definition) is 5. The van der Waals surface area contributed by atoms with E-state index in [2.05, 4.69) is 10.3 Å². The summed E-state index contributed by atoms with van der Waals surface area (Å²) >= 11 is 12.3. The molecule has 0 aliphatic rings. The van der Waals surface area contributed by atoms with Crippen molar-refractivity contribution >= 4 is 40.7 Å². The van der Waals surface area contributed by atoms with Crippen molar-refractivity contribution in [2.24, 2.45) is 11.6 Å². The molecular weight excluding hydrogens is 403 g/mol. The summed E-state index contributed by atoms with van der Waals surface area (Å²) in [4.78, 5) is 29.4. The van der Waals surface area contributed by atoms with Gasteiger partial charge in [-0.15, -0.1) is 0 Å². The average Bonchev–Trinajstić information content (AvgIpc) is 3.10. The molecule has 10 heteroatoms. The number of nitrogens with two attached hydrogens (primary N) is 2. The number of carbonyl (C=O) groups excluding carboxylic acids is 2. The van der Waals surface area contributed by atoms with Crippen LogP contribution in [-0.2, 0) is 6.54 Å².